The normalized spacial score (nSPS) is 9.17. The highest BCUT2D eigenvalue weighted by atomic mass is 35.5. The van der Waals surface area contributed by atoms with Gasteiger partial charge in [0.05, 0.1) is 5.03 Å². The summed E-state index contributed by atoms with van der Waals surface area (Å²) in [4.78, 5) is 0. The Morgan fingerprint density at radius 1 is 1.08 bits per heavy atom. The first-order valence-corrected chi connectivity index (χ1v) is 4.37. The van der Waals surface area contributed by atoms with Crippen molar-refractivity contribution in [2.45, 2.75) is 0 Å². The number of rotatable bonds is 2. The number of hydrogen-bond donors (Lipinski definition) is 0. The molecule has 0 aliphatic heterocycles. The number of hydrogen-bond acceptors (Lipinski definition) is 0. The van der Waals surface area contributed by atoms with Gasteiger partial charge in [0, 0.05) is 5.54 Å². The van der Waals surface area contributed by atoms with E-state index in [1.54, 1.807) is 0 Å². The van der Waals surface area contributed by atoms with E-state index in [1.807, 2.05) is 0 Å². The lowest BCUT2D eigenvalue weighted by molar-refractivity contribution is 2.00. The second kappa shape index (κ2) is 11.1. The van der Waals surface area contributed by atoms with Crippen LogP contribution in [0.1, 0.15) is 0 Å². The molecule has 0 radical (unpaired) electrons. The van der Waals surface area contributed by atoms with Crippen molar-refractivity contribution in [1.29, 1.82) is 0 Å². The van der Waals surface area contributed by atoms with Crippen molar-refractivity contribution in [3.05, 3.63) is 46.4 Å². The fourth-order valence-corrected chi connectivity index (χ4v) is 0.401. The zero-order chi connectivity index (χ0) is 9.98. The quantitative estimate of drug-likeness (QED) is 0.602. The minimum Gasteiger partial charge on any atom is -0.0990 e. The second-order valence-corrected chi connectivity index (χ2v) is 3.05. The summed E-state index contributed by atoms with van der Waals surface area (Å²) in [6.45, 7) is 6.70. The highest BCUT2D eigenvalue weighted by molar-refractivity contribution is 6.55. The maximum atomic E-state index is 5.26. The van der Waals surface area contributed by atoms with E-state index in [4.69, 9.17) is 46.4 Å². The Morgan fingerprint density at radius 3 is 1.58 bits per heavy atom. The van der Waals surface area contributed by atoms with Gasteiger partial charge in [-0.05, 0) is 12.2 Å². The Labute approximate surface area is 92.8 Å². The Bertz CT molecular complexity index is 187. The monoisotopic (exact) mass is 244 g/mol. The van der Waals surface area contributed by atoms with E-state index < -0.39 is 0 Å². The first kappa shape index (κ1) is 14.6. The van der Waals surface area contributed by atoms with Gasteiger partial charge in [0.15, 0.2) is 0 Å². The molecule has 0 aromatic carbocycles. The molecule has 0 bridgehead atoms. The summed E-state index contributed by atoms with van der Waals surface area (Å²) >= 11 is 20.6. The summed E-state index contributed by atoms with van der Waals surface area (Å²) < 4.78 is 0.241. The van der Waals surface area contributed by atoms with Crippen molar-refractivity contribution < 1.29 is 0 Å². The molecule has 0 amide bonds. The molecule has 0 saturated carbocycles. The highest BCUT2D eigenvalue weighted by Crippen LogP contribution is 2.04. The SMILES string of the molecule is C=C/C(Cl)=C/Cl.C=CC=C(Cl)Cl. The zero-order valence-corrected chi connectivity index (χ0v) is 9.26. The van der Waals surface area contributed by atoms with Crippen molar-refractivity contribution in [2.75, 3.05) is 0 Å². The zero-order valence-electron chi connectivity index (χ0n) is 6.24. The minimum absolute atomic E-state index is 0.241. The second-order valence-electron chi connectivity index (χ2n) is 1.39. The van der Waals surface area contributed by atoms with E-state index >= 15 is 0 Å². The van der Waals surface area contributed by atoms with Gasteiger partial charge in [-0.25, -0.2) is 0 Å². The molecule has 0 aromatic rings. The topological polar surface area (TPSA) is 0 Å². The molecule has 0 aliphatic rings. The fourth-order valence-electron chi connectivity index (χ4n) is 0.134. The molecule has 68 valence electrons. The van der Waals surface area contributed by atoms with E-state index in [0.29, 0.717) is 5.03 Å². The first-order valence-electron chi connectivity index (χ1n) is 2.80. The molecule has 0 saturated heterocycles. The third-order valence-electron chi connectivity index (χ3n) is 0.543. The summed E-state index contributed by atoms with van der Waals surface area (Å²) in [6, 6.07) is 0. The van der Waals surface area contributed by atoms with Crippen molar-refractivity contribution in [3.63, 3.8) is 0 Å². The van der Waals surface area contributed by atoms with Crippen LogP contribution >= 0.6 is 46.4 Å². The Kier molecular flexibility index (Phi) is 13.6. The van der Waals surface area contributed by atoms with E-state index in [1.165, 1.54) is 23.8 Å². The van der Waals surface area contributed by atoms with E-state index in [0.717, 1.165) is 0 Å². The molecule has 12 heavy (non-hydrogen) atoms. The number of allylic oxidation sites excluding steroid dienone is 4. The van der Waals surface area contributed by atoms with Gasteiger partial charge in [-0.3, -0.25) is 0 Å². The summed E-state index contributed by atoms with van der Waals surface area (Å²) in [6.07, 6.45) is 4.49. The number of halogens is 4. The molecule has 0 fully saturated rings. The van der Waals surface area contributed by atoms with Crippen LogP contribution < -0.4 is 0 Å². The molecule has 0 N–H and O–H groups in total. The van der Waals surface area contributed by atoms with Gasteiger partial charge in [0.1, 0.15) is 4.49 Å². The lowest BCUT2D eigenvalue weighted by Crippen LogP contribution is -1.48. The van der Waals surface area contributed by atoms with Gasteiger partial charge in [0.25, 0.3) is 0 Å². The lowest BCUT2D eigenvalue weighted by atomic mass is 10.6. The molecular formula is C8H8Cl4. The van der Waals surface area contributed by atoms with Gasteiger partial charge in [0.2, 0.25) is 0 Å². The average molecular weight is 246 g/mol. The van der Waals surface area contributed by atoms with Crippen LogP contribution in [0.5, 0.6) is 0 Å². The largest absolute Gasteiger partial charge is 0.106 e. The lowest BCUT2D eigenvalue weighted by Gasteiger charge is -1.73. The molecule has 0 aromatic heterocycles. The van der Waals surface area contributed by atoms with E-state index in [-0.39, 0.29) is 4.49 Å². The standard InChI is InChI=1S/2C4H4Cl2/c1-2-4(6)3-5;1-2-3-4(5)6/h2*2-3H,1H2/b4-3-;. The van der Waals surface area contributed by atoms with Crippen molar-refractivity contribution in [1.82, 2.24) is 0 Å². The van der Waals surface area contributed by atoms with E-state index in [9.17, 15) is 0 Å². The Morgan fingerprint density at radius 2 is 1.58 bits per heavy atom. The minimum atomic E-state index is 0.241. The van der Waals surface area contributed by atoms with Crippen LogP contribution in [0.25, 0.3) is 0 Å². The molecule has 0 spiro atoms. The van der Waals surface area contributed by atoms with Crippen LogP contribution in [0.15, 0.2) is 46.4 Å². The van der Waals surface area contributed by atoms with Gasteiger partial charge >= 0.3 is 0 Å². The van der Waals surface area contributed by atoms with Crippen LogP contribution in [0.3, 0.4) is 0 Å². The fraction of sp³-hybridized carbons (Fsp3) is 0. The van der Waals surface area contributed by atoms with Crippen molar-refractivity contribution in [2.24, 2.45) is 0 Å². The van der Waals surface area contributed by atoms with Crippen LogP contribution in [0, 0.1) is 0 Å². The maximum absolute atomic E-state index is 5.26. The first-order chi connectivity index (χ1) is 5.58. The third kappa shape index (κ3) is 16.6. The third-order valence-corrected chi connectivity index (χ3v) is 1.41. The van der Waals surface area contributed by atoms with Gasteiger partial charge < -0.3 is 0 Å². The smallest absolute Gasteiger partial charge is 0.0990 e. The average Bonchev–Trinajstić information content (AvgIpc) is 2.04. The summed E-state index contributed by atoms with van der Waals surface area (Å²) in [5, 5.41) is 0.469. The summed E-state index contributed by atoms with van der Waals surface area (Å²) in [7, 11) is 0. The van der Waals surface area contributed by atoms with Gasteiger partial charge in [-0.1, -0.05) is 65.6 Å². The van der Waals surface area contributed by atoms with Gasteiger partial charge in [-0.15, -0.1) is 0 Å². The van der Waals surface area contributed by atoms with Crippen LogP contribution in [0.4, 0.5) is 0 Å². The molecule has 0 rings (SSSR count). The van der Waals surface area contributed by atoms with Crippen molar-refractivity contribution >= 4 is 46.4 Å². The van der Waals surface area contributed by atoms with Gasteiger partial charge in [-0.2, -0.15) is 0 Å². The maximum Gasteiger partial charge on any atom is 0.106 e. The predicted molar refractivity (Wildman–Crippen MR) is 60.0 cm³/mol. The molecule has 0 unspecified atom stereocenters. The molecule has 0 heterocycles. The van der Waals surface area contributed by atoms with Crippen LogP contribution in [-0.4, -0.2) is 0 Å². The highest BCUT2D eigenvalue weighted by Gasteiger charge is 1.72. The Hall–Kier alpha value is 0.120. The molecule has 4 heteroatoms. The predicted octanol–water partition coefficient (Wildman–Crippen LogP) is 4.98. The summed E-state index contributed by atoms with van der Waals surface area (Å²) in [5.41, 5.74) is 1.26. The van der Waals surface area contributed by atoms with Crippen LogP contribution in [-0.2, 0) is 0 Å². The molecular weight excluding hydrogens is 238 g/mol. The van der Waals surface area contributed by atoms with Crippen LogP contribution in [0.2, 0.25) is 0 Å². The summed E-state index contributed by atoms with van der Waals surface area (Å²) in [5.74, 6) is 0. The van der Waals surface area contributed by atoms with Crippen molar-refractivity contribution in [3.8, 4) is 0 Å². The Balaban J connectivity index is 0. The molecule has 0 aliphatic carbocycles. The molecule has 0 nitrogen and oxygen atoms in total. The molecule has 0 atom stereocenters. The van der Waals surface area contributed by atoms with E-state index in [2.05, 4.69) is 13.2 Å².